The summed E-state index contributed by atoms with van der Waals surface area (Å²) < 4.78 is 16.8. The van der Waals surface area contributed by atoms with Crippen LogP contribution in [0, 0.1) is 0 Å². The van der Waals surface area contributed by atoms with Crippen molar-refractivity contribution in [3.05, 3.63) is 85.1 Å². The molecule has 1 atom stereocenters. The maximum absolute atomic E-state index is 12.9. The van der Waals surface area contributed by atoms with Gasteiger partial charge in [0.2, 0.25) is 0 Å². The van der Waals surface area contributed by atoms with Crippen LogP contribution in [0.5, 0.6) is 0 Å². The van der Waals surface area contributed by atoms with Gasteiger partial charge in [-0.1, -0.05) is 318 Å². The molecule has 0 N–H and O–H groups in total. The second-order valence-electron chi connectivity index (χ2n) is 22.0. The molecule has 0 aliphatic carbocycles. The Balaban J connectivity index is 4.32. The van der Waals surface area contributed by atoms with Crippen LogP contribution in [0.4, 0.5) is 0 Å². The Labute approximate surface area is 477 Å². The van der Waals surface area contributed by atoms with Crippen LogP contribution < -0.4 is 0 Å². The smallest absolute Gasteiger partial charge is 0.309 e. The fourth-order valence-electron chi connectivity index (χ4n) is 9.49. The van der Waals surface area contributed by atoms with Crippen molar-refractivity contribution in [2.24, 2.45) is 0 Å². The summed E-state index contributed by atoms with van der Waals surface area (Å²) >= 11 is 0. The number of hydrogen-bond donors (Lipinski definition) is 0. The standard InChI is InChI=1S/C71H124O6/c1-4-7-10-13-16-19-22-25-28-30-31-32-33-34-35-36-37-38-39-41-43-46-49-52-55-58-61-64-70(73)76-67-68(66-75-69(72)63-60-57-54-51-48-45-42-27-24-21-18-15-12-9-6-3)77-71(74)65-62-59-56-53-50-47-44-40-29-26-23-20-17-14-11-8-5-2/h9,12,18,21-22,25,27,30-31,42,48,51,57,60,68H,4-8,10-11,13-17,19-20,23-24,26,28-29,32-41,43-47,49-50,52-56,58-59,61-67H2,1-3H3/b12-9-,21-18-,25-22-,31-30-,42-27-,51-48-,60-57-. The van der Waals surface area contributed by atoms with Crippen molar-refractivity contribution in [1.29, 1.82) is 0 Å². The van der Waals surface area contributed by atoms with Crippen LogP contribution in [0.3, 0.4) is 0 Å². The lowest BCUT2D eigenvalue weighted by Gasteiger charge is -2.18. The van der Waals surface area contributed by atoms with Crippen LogP contribution in [-0.2, 0) is 28.6 Å². The highest BCUT2D eigenvalue weighted by Crippen LogP contribution is 2.17. The predicted octanol–water partition coefficient (Wildman–Crippen LogP) is 22.7. The Morgan fingerprint density at radius 3 is 0.909 bits per heavy atom. The average Bonchev–Trinajstić information content (AvgIpc) is 3.43. The van der Waals surface area contributed by atoms with Gasteiger partial charge in [-0.05, 0) is 77.0 Å². The van der Waals surface area contributed by atoms with Crippen molar-refractivity contribution in [3.63, 3.8) is 0 Å². The van der Waals surface area contributed by atoms with E-state index in [1.807, 2.05) is 6.08 Å². The van der Waals surface area contributed by atoms with Gasteiger partial charge in [0.15, 0.2) is 6.10 Å². The minimum atomic E-state index is -0.815. The zero-order valence-electron chi connectivity index (χ0n) is 51.0. The molecule has 0 fully saturated rings. The molecule has 0 rings (SSSR count). The normalized spacial score (nSPS) is 12.6. The van der Waals surface area contributed by atoms with E-state index in [1.54, 1.807) is 6.08 Å². The van der Waals surface area contributed by atoms with E-state index in [4.69, 9.17) is 14.2 Å². The summed E-state index contributed by atoms with van der Waals surface area (Å²) in [5.41, 5.74) is 0. The molecule has 0 aromatic rings. The molecule has 0 spiro atoms. The van der Waals surface area contributed by atoms with Crippen LogP contribution in [-0.4, -0.2) is 37.2 Å². The predicted molar refractivity (Wildman–Crippen MR) is 334 cm³/mol. The third-order valence-electron chi connectivity index (χ3n) is 14.4. The van der Waals surface area contributed by atoms with Crippen LogP contribution in [0.2, 0.25) is 0 Å². The third-order valence-corrected chi connectivity index (χ3v) is 14.4. The topological polar surface area (TPSA) is 78.9 Å². The van der Waals surface area contributed by atoms with Crippen LogP contribution in [0.15, 0.2) is 85.1 Å². The Morgan fingerprint density at radius 1 is 0.286 bits per heavy atom. The Kier molecular flexibility index (Phi) is 62.2. The molecule has 0 heterocycles. The van der Waals surface area contributed by atoms with Crippen molar-refractivity contribution < 1.29 is 28.6 Å². The zero-order chi connectivity index (χ0) is 55.7. The number of esters is 3. The number of carbonyl (C=O) groups is 3. The first-order valence-electron chi connectivity index (χ1n) is 33.1. The highest BCUT2D eigenvalue weighted by molar-refractivity contribution is 5.72. The Bertz CT molecular complexity index is 1470. The summed E-state index contributed by atoms with van der Waals surface area (Å²) in [5.74, 6) is -1.02. The molecule has 0 aliphatic heterocycles. The molecule has 1 unspecified atom stereocenters. The number of allylic oxidation sites excluding steroid dienone is 13. The summed E-state index contributed by atoms with van der Waals surface area (Å²) in [6.45, 7) is 6.47. The van der Waals surface area contributed by atoms with Crippen molar-refractivity contribution >= 4 is 17.9 Å². The van der Waals surface area contributed by atoms with Crippen molar-refractivity contribution in [2.75, 3.05) is 13.2 Å². The number of carbonyl (C=O) groups excluding carboxylic acids is 3. The minimum absolute atomic E-state index is 0.103. The first-order valence-corrected chi connectivity index (χ1v) is 33.1. The number of rotatable bonds is 60. The van der Waals surface area contributed by atoms with Crippen molar-refractivity contribution in [1.82, 2.24) is 0 Å². The molecular weight excluding hydrogens is 949 g/mol. The lowest BCUT2D eigenvalue weighted by Crippen LogP contribution is -2.30. The minimum Gasteiger partial charge on any atom is -0.462 e. The maximum Gasteiger partial charge on any atom is 0.309 e. The zero-order valence-corrected chi connectivity index (χ0v) is 51.0. The van der Waals surface area contributed by atoms with Gasteiger partial charge in [0.05, 0.1) is 6.42 Å². The first kappa shape index (κ1) is 73.6. The molecular formula is C71H124O6. The molecule has 6 nitrogen and oxygen atoms in total. The fourth-order valence-corrected chi connectivity index (χ4v) is 9.49. The van der Waals surface area contributed by atoms with Gasteiger partial charge in [-0.2, -0.15) is 0 Å². The van der Waals surface area contributed by atoms with Gasteiger partial charge in [-0.15, -0.1) is 0 Å². The number of hydrogen-bond acceptors (Lipinski definition) is 6. The maximum atomic E-state index is 12.9. The van der Waals surface area contributed by atoms with Crippen LogP contribution >= 0.6 is 0 Å². The molecule has 0 bridgehead atoms. The summed E-state index contributed by atoms with van der Waals surface area (Å²) in [6.07, 6.45) is 86.3. The van der Waals surface area contributed by atoms with Crippen molar-refractivity contribution in [2.45, 2.75) is 335 Å². The number of unbranched alkanes of at least 4 members (excludes halogenated alkanes) is 36. The largest absolute Gasteiger partial charge is 0.462 e. The monoisotopic (exact) mass is 1070 g/mol. The van der Waals surface area contributed by atoms with E-state index in [0.29, 0.717) is 12.8 Å². The van der Waals surface area contributed by atoms with Gasteiger partial charge in [0.1, 0.15) is 13.2 Å². The Morgan fingerprint density at radius 2 is 0.558 bits per heavy atom. The molecule has 0 saturated heterocycles. The van der Waals surface area contributed by atoms with Gasteiger partial charge in [-0.3, -0.25) is 14.4 Å². The highest BCUT2D eigenvalue weighted by Gasteiger charge is 2.19. The fraction of sp³-hybridized carbons (Fsp3) is 0.761. The van der Waals surface area contributed by atoms with Gasteiger partial charge < -0.3 is 14.2 Å². The quantitative estimate of drug-likeness (QED) is 0.0261. The molecule has 444 valence electrons. The molecule has 0 aromatic heterocycles. The SMILES string of the molecule is CC/C=C\C/C=C\C/C=C\C/C=C\C/C=C\CC(=O)OCC(COC(=O)CCCCCCCCCCCCCCCCC/C=C\C/C=C\CCCCCCC)OC(=O)CCCCCCCCCCCCCCCCCCC. The lowest BCUT2D eigenvalue weighted by molar-refractivity contribution is -0.166. The summed E-state index contributed by atoms with van der Waals surface area (Å²) in [5, 5.41) is 0. The second kappa shape index (κ2) is 65.1. The summed E-state index contributed by atoms with van der Waals surface area (Å²) in [7, 11) is 0. The van der Waals surface area contributed by atoms with E-state index in [0.717, 1.165) is 77.0 Å². The van der Waals surface area contributed by atoms with Gasteiger partial charge in [0.25, 0.3) is 0 Å². The van der Waals surface area contributed by atoms with Gasteiger partial charge in [0, 0.05) is 12.8 Å². The molecule has 0 aromatic carbocycles. The van der Waals surface area contributed by atoms with E-state index >= 15 is 0 Å². The van der Waals surface area contributed by atoms with Gasteiger partial charge in [-0.25, -0.2) is 0 Å². The van der Waals surface area contributed by atoms with Crippen molar-refractivity contribution in [3.8, 4) is 0 Å². The molecule has 0 saturated carbocycles. The molecule has 0 amide bonds. The van der Waals surface area contributed by atoms with E-state index in [1.165, 1.54) is 212 Å². The third kappa shape index (κ3) is 63.3. The van der Waals surface area contributed by atoms with E-state index < -0.39 is 12.1 Å². The lowest BCUT2D eigenvalue weighted by atomic mass is 10.0. The Hall–Kier alpha value is -3.41. The molecule has 77 heavy (non-hydrogen) atoms. The van der Waals surface area contributed by atoms with Crippen LogP contribution in [0.1, 0.15) is 329 Å². The summed E-state index contributed by atoms with van der Waals surface area (Å²) in [6, 6.07) is 0. The van der Waals surface area contributed by atoms with E-state index in [2.05, 4.69) is 93.7 Å². The molecule has 6 heteroatoms. The second-order valence-corrected chi connectivity index (χ2v) is 22.0. The van der Waals surface area contributed by atoms with Crippen LogP contribution in [0.25, 0.3) is 0 Å². The van der Waals surface area contributed by atoms with Gasteiger partial charge >= 0.3 is 17.9 Å². The highest BCUT2D eigenvalue weighted by atomic mass is 16.6. The van der Waals surface area contributed by atoms with E-state index in [9.17, 15) is 14.4 Å². The summed E-state index contributed by atoms with van der Waals surface area (Å²) in [4.78, 5) is 38.3. The first-order chi connectivity index (χ1) is 38.0. The average molecular weight is 1070 g/mol. The number of ether oxygens (including phenoxy) is 3. The molecule has 0 aliphatic rings. The van der Waals surface area contributed by atoms with E-state index in [-0.39, 0.29) is 31.6 Å². The molecule has 0 radical (unpaired) electrons.